The molecule has 0 unspecified atom stereocenters. The molecule has 0 aliphatic rings. The van der Waals surface area contributed by atoms with Crippen LogP contribution in [0.5, 0.6) is 0 Å². The maximum atomic E-state index is 12.1. The molecule has 0 aromatic carbocycles. The number of nitrogens with one attached hydrogen (secondary N) is 1. The molecule has 3 N–H and O–H groups in total. The zero-order valence-corrected chi connectivity index (χ0v) is 10.8. The van der Waals surface area contributed by atoms with Crippen LogP contribution in [0.3, 0.4) is 0 Å². The maximum absolute atomic E-state index is 12.1. The van der Waals surface area contributed by atoms with Crippen LogP contribution in [0.15, 0.2) is 18.3 Å². The van der Waals surface area contributed by atoms with Gasteiger partial charge in [0.2, 0.25) is 0 Å². The third kappa shape index (κ3) is 2.96. The molecule has 0 aliphatic heterocycles. The second kappa shape index (κ2) is 5.66. The molecule has 1 aromatic heterocycles. The van der Waals surface area contributed by atoms with Crippen molar-refractivity contribution in [1.82, 2.24) is 10.3 Å². The summed E-state index contributed by atoms with van der Waals surface area (Å²) in [5.41, 5.74) is 6.32. The largest absolute Gasteiger partial charge is 0.397 e. The number of carbonyl (C=O) groups excluding carboxylic acids is 1. The Bertz CT molecular complexity index is 378. The Morgan fingerprint density at radius 2 is 1.94 bits per heavy atom. The van der Waals surface area contributed by atoms with Crippen molar-refractivity contribution in [2.75, 3.05) is 5.73 Å². The molecule has 0 saturated carbocycles. The first-order valence-electron chi connectivity index (χ1n) is 6.11. The highest BCUT2D eigenvalue weighted by atomic mass is 16.2. The lowest BCUT2D eigenvalue weighted by atomic mass is 9.89. The van der Waals surface area contributed by atoms with E-state index in [-0.39, 0.29) is 11.4 Å². The molecule has 1 amide bonds. The van der Waals surface area contributed by atoms with Gasteiger partial charge in [-0.05, 0) is 31.4 Å². The summed E-state index contributed by atoms with van der Waals surface area (Å²) in [6.45, 7) is 6.24. The topological polar surface area (TPSA) is 68.0 Å². The number of carbonyl (C=O) groups is 1. The summed E-state index contributed by atoms with van der Waals surface area (Å²) in [5.74, 6) is -0.186. The average molecular weight is 235 g/mol. The number of nitrogens with zero attached hydrogens (tertiary/aromatic N) is 1. The van der Waals surface area contributed by atoms with Crippen LogP contribution in [0.1, 0.15) is 50.5 Å². The van der Waals surface area contributed by atoms with Gasteiger partial charge in [-0.25, -0.2) is 4.98 Å². The van der Waals surface area contributed by atoms with Crippen molar-refractivity contribution in [3.63, 3.8) is 0 Å². The van der Waals surface area contributed by atoms with Gasteiger partial charge in [0, 0.05) is 11.7 Å². The normalized spacial score (nSPS) is 11.2. The maximum Gasteiger partial charge on any atom is 0.272 e. The van der Waals surface area contributed by atoms with Gasteiger partial charge >= 0.3 is 0 Å². The second-order valence-corrected chi connectivity index (χ2v) is 4.24. The number of hydrogen-bond acceptors (Lipinski definition) is 3. The van der Waals surface area contributed by atoms with Crippen molar-refractivity contribution in [3.05, 3.63) is 24.0 Å². The smallest absolute Gasteiger partial charge is 0.272 e. The lowest BCUT2D eigenvalue weighted by molar-refractivity contribution is 0.0884. The van der Waals surface area contributed by atoms with Crippen LogP contribution in [-0.4, -0.2) is 16.4 Å². The van der Waals surface area contributed by atoms with Gasteiger partial charge in [-0.2, -0.15) is 0 Å². The van der Waals surface area contributed by atoms with Gasteiger partial charge in [0.05, 0.1) is 5.69 Å². The van der Waals surface area contributed by atoms with Crippen LogP contribution in [0.25, 0.3) is 0 Å². The van der Waals surface area contributed by atoms with Crippen molar-refractivity contribution in [2.45, 2.75) is 45.6 Å². The van der Waals surface area contributed by atoms with E-state index in [9.17, 15) is 4.79 Å². The zero-order chi connectivity index (χ0) is 12.9. The van der Waals surface area contributed by atoms with Gasteiger partial charge < -0.3 is 11.1 Å². The number of rotatable bonds is 5. The van der Waals surface area contributed by atoms with Crippen molar-refractivity contribution in [1.29, 1.82) is 0 Å². The molecule has 0 bridgehead atoms. The highest BCUT2D eigenvalue weighted by Gasteiger charge is 2.27. The van der Waals surface area contributed by atoms with E-state index in [4.69, 9.17) is 5.73 Å². The quantitative estimate of drug-likeness (QED) is 0.823. The summed E-state index contributed by atoms with van der Waals surface area (Å²) in [6.07, 6.45) is 4.28. The van der Waals surface area contributed by atoms with Gasteiger partial charge in [-0.3, -0.25) is 4.79 Å². The Morgan fingerprint density at radius 3 is 2.41 bits per heavy atom. The van der Waals surface area contributed by atoms with Crippen molar-refractivity contribution in [2.24, 2.45) is 0 Å². The molecular formula is C13H21N3O. The fraction of sp³-hybridized carbons (Fsp3) is 0.538. The molecular weight excluding hydrogens is 214 g/mol. The zero-order valence-electron chi connectivity index (χ0n) is 10.8. The lowest BCUT2D eigenvalue weighted by Crippen LogP contribution is -2.47. The molecule has 0 aliphatic carbocycles. The minimum Gasteiger partial charge on any atom is -0.397 e. The van der Waals surface area contributed by atoms with Gasteiger partial charge in [0.25, 0.3) is 5.91 Å². The first-order chi connectivity index (χ1) is 8.08. The summed E-state index contributed by atoms with van der Waals surface area (Å²) in [6, 6.07) is 3.41. The van der Waals surface area contributed by atoms with Crippen LogP contribution in [0, 0.1) is 0 Å². The molecule has 0 radical (unpaired) electrons. The third-order valence-corrected chi connectivity index (χ3v) is 3.46. The predicted octanol–water partition coefficient (Wildman–Crippen LogP) is 2.36. The van der Waals surface area contributed by atoms with Crippen LogP contribution in [0.2, 0.25) is 0 Å². The summed E-state index contributed by atoms with van der Waals surface area (Å²) < 4.78 is 0. The predicted molar refractivity (Wildman–Crippen MR) is 69.7 cm³/mol. The van der Waals surface area contributed by atoms with E-state index in [1.54, 1.807) is 18.3 Å². The molecule has 4 nitrogen and oxygen atoms in total. The molecule has 1 rings (SSSR count). The third-order valence-electron chi connectivity index (χ3n) is 3.46. The Hall–Kier alpha value is -1.58. The number of hydrogen-bond donors (Lipinski definition) is 2. The summed E-state index contributed by atoms with van der Waals surface area (Å²) in [4.78, 5) is 16.1. The van der Waals surface area contributed by atoms with E-state index in [0.717, 1.165) is 19.3 Å². The van der Waals surface area contributed by atoms with E-state index in [1.807, 2.05) is 0 Å². The first kappa shape index (κ1) is 13.5. The van der Waals surface area contributed by atoms with Crippen molar-refractivity contribution in [3.8, 4) is 0 Å². The Balaban J connectivity index is 2.89. The molecule has 0 atom stereocenters. The van der Waals surface area contributed by atoms with E-state index in [0.29, 0.717) is 11.4 Å². The average Bonchev–Trinajstić information content (AvgIpc) is 2.36. The van der Waals surface area contributed by atoms with Crippen molar-refractivity contribution >= 4 is 11.6 Å². The van der Waals surface area contributed by atoms with Crippen LogP contribution < -0.4 is 11.1 Å². The van der Waals surface area contributed by atoms with E-state index < -0.39 is 0 Å². The molecule has 17 heavy (non-hydrogen) atoms. The number of nitrogens with two attached hydrogens (primary N) is 1. The number of pyridine rings is 1. The fourth-order valence-electron chi connectivity index (χ4n) is 1.92. The van der Waals surface area contributed by atoms with Gasteiger partial charge in [-0.1, -0.05) is 20.8 Å². The molecule has 0 spiro atoms. The molecule has 94 valence electrons. The van der Waals surface area contributed by atoms with Crippen LogP contribution >= 0.6 is 0 Å². The minimum absolute atomic E-state index is 0.152. The molecule has 1 aromatic rings. The number of aromatic nitrogens is 1. The highest BCUT2D eigenvalue weighted by molar-refractivity contribution is 5.97. The fourth-order valence-corrected chi connectivity index (χ4v) is 1.92. The molecule has 0 saturated heterocycles. The minimum atomic E-state index is -0.186. The Morgan fingerprint density at radius 1 is 1.35 bits per heavy atom. The summed E-state index contributed by atoms with van der Waals surface area (Å²) in [5, 5.41) is 3.06. The Labute approximate surface area is 103 Å². The summed E-state index contributed by atoms with van der Waals surface area (Å²) in [7, 11) is 0. The SMILES string of the molecule is CCC(CC)(CC)NC(=O)c1ncccc1N. The molecule has 4 heteroatoms. The van der Waals surface area contributed by atoms with Crippen molar-refractivity contribution < 1.29 is 4.79 Å². The Kier molecular flexibility index (Phi) is 4.49. The summed E-state index contributed by atoms with van der Waals surface area (Å²) >= 11 is 0. The number of anilines is 1. The monoisotopic (exact) mass is 235 g/mol. The van der Waals surface area contributed by atoms with E-state index in [2.05, 4.69) is 31.1 Å². The number of nitrogen functional groups attached to an aromatic ring is 1. The standard InChI is InChI=1S/C13H21N3O/c1-4-13(5-2,6-3)16-12(17)11-10(14)8-7-9-15-11/h7-9H,4-6,14H2,1-3H3,(H,16,17). The highest BCUT2D eigenvalue weighted by Crippen LogP contribution is 2.20. The molecule has 0 fully saturated rings. The van der Waals surface area contributed by atoms with Gasteiger partial charge in [0.1, 0.15) is 0 Å². The van der Waals surface area contributed by atoms with Crippen LogP contribution in [0.4, 0.5) is 5.69 Å². The lowest BCUT2D eigenvalue weighted by Gasteiger charge is -2.31. The number of amides is 1. The first-order valence-corrected chi connectivity index (χ1v) is 6.11. The van der Waals surface area contributed by atoms with Crippen LogP contribution in [-0.2, 0) is 0 Å². The van der Waals surface area contributed by atoms with E-state index in [1.165, 1.54) is 0 Å². The van der Waals surface area contributed by atoms with E-state index >= 15 is 0 Å². The van der Waals surface area contributed by atoms with Gasteiger partial charge in [0.15, 0.2) is 5.69 Å². The molecule has 1 heterocycles. The second-order valence-electron chi connectivity index (χ2n) is 4.24. The van der Waals surface area contributed by atoms with Gasteiger partial charge in [-0.15, -0.1) is 0 Å².